The monoisotopic (exact) mass is 628 g/mol. The molecule has 2 aromatic carbocycles. The van der Waals surface area contributed by atoms with Crippen molar-refractivity contribution in [2.45, 2.75) is 142 Å². The zero-order chi connectivity index (χ0) is 32.9. The lowest BCUT2D eigenvalue weighted by atomic mass is 9.84. The van der Waals surface area contributed by atoms with Crippen LogP contribution in [0.5, 0.6) is 11.5 Å². The van der Waals surface area contributed by atoms with Crippen LogP contribution in [0, 0.1) is 0 Å². The number of hydrogen-bond acceptors (Lipinski definition) is 6. The molecule has 2 atom stereocenters. The molecule has 3 aliphatic rings. The van der Waals surface area contributed by atoms with Crippen LogP contribution in [0.2, 0.25) is 0 Å². The molecule has 6 heteroatoms. The van der Waals surface area contributed by atoms with Crippen LogP contribution in [-0.2, 0) is 23.9 Å². The molecule has 2 aromatic rings. The molecule has 252 valence electrons. The number of rotatable bonds is 8. The summed E-state index contributed by atoms with van der Waals surface area (Å²) in [5, 5.41) is 22.9. The second kappa shape index (κ2) is 15.0. The number of nitrogens with zero attached hydrogens (tertiary/aromatic N) is 4. The Morgan fingerprint density at radius 2 is 0.957 bits per heavy atom. The van der Waals surface area contributed by atoms with Crippen molar-refractivity contribution >= 4 is 12.4 Å². The first-order valence-electron chi connectivity index (χ1n) is 18.1. The molecule has 0 spiro atoms. The van der Waals surface area contributed by atoms with Crippen LogP contribution in [0.25, 0.3) is 0 Å². The maximum absolute atomic E-state index is 11.4. The van der Waals surface area contributed by atoms with Gasteiger partial charge in [-0.25, -0.2) is 0 Å². The van der Waals surface area contributed by atoms with E-state index in [0.29, 0.717) is 11.5 Å². The third-order valence-corrected chi connectivity index (χ3v) is 10.4. The van der Waals surface area contributed by atoms with Crippen LogP contribution >= 0.6 is 0 Å². The van der Waals surface area contributed by atoms with Crippen LogP contribution < -0.4 is 0 Å². The fourth-order valence-electron chi connectivity index (χ4n) is 7.25. The maximum Gasteiger partial charge on any atom is 0.128 e. The number of hydrogen-bond donors (Lipinski definition) is 2. The molecule has 2 N–H and O–H groups in total. The first-order chi connectivity index (χ1) is 21.9. The molecule has 6 nitrogen and oxygen atoms in total. The fraction of sp³-hybridized carbons (Fsp3) is 0.650. The molecule has 2 heterocycles. The van der Waals surface area contributed by atoms with Gasteiger partial charge in [0.25, 0.3) is 0 Å². The maximum atomic E-state index is 11.4. The standard InChI is InChI=1S/C40H60N4O2/c1-39(2,3)33-21-29(37(45)31(23-33)27-43-17-11-7-12-18-43)25-41-35-15-9-10-16-36(35)42-26-30-22-34(40(4,5)6)24-32(38(30)46)28-44-19-13-8-14-20-44/h21-26,35-36,45-46H,7-20,27-28H2,1-6H3/t35-,36-/m1/s1. The molecule has 5 rings (SSSR count). The highest BCUT2D eigenvalue weighted by atomic mass is 16.3. The molecule has 1 aliphatic carbocycles. The molecule has 0 radical (unpaired) electrons. The molecule has 0 amide bonds. The highest BCUT2D eigenvalue weighted by Gasteiger charge is 2.26. The minimum Gasteiger partial charge on any atom is -0.507 e. The second-order valence-electron chi connectivity index (χ2n) is 16.3. The van der Waals surface area contributed by atoms with Crippen LogP contribution in [0.1, 0.15) is 139 Å². The van der Waals surface area contributed by atoms with E-state index in [-0.39, 0.29) is 22.9 Å². The largest absolute Gasteiger partial charge is 0.507 e. The van der Waals surface area contributed by atoms with Gasteiger partial charge >= 0.3 is 0 Å². The quantitative estimate of drug-likeness (QED) is 0.288. The van der Waals surface area contributed by atoms with Gasteiger partial charge in [0.1, 0.15) is 11.5 Å². The van der Waals surface area contributed by atoms with Gasteiger partial charge in [0, 0.05) is 47.8 Å². The highest BCUT2D eigenvalue weighted by molar-refractivity contribution is 5.86. The topological polar surface area (TPSA) is 71.7 Å². The number of likely N-dealkylation sites (tertiary alicyclic amines) is 2. The number of aliphatic imine (C=N–C) groups is 2. The normalized spacial score (nSPS) is 22.7. The van der Waals surface area contributed by atoms with Gasteiger partial charge in [-0.3, -0.25) is 19.8 Å². The molecule has 46 heavy (non-hydrogen) atoms. The number of piperidine rings is 2. The van der Waals surface area contributed by atoms with E-state index in [1.54, 1.807) is 0 Å². The Hall–Kier alpha value is -2.70. The van der Waals surface area contributed by atoms with Crippen molar-refractivity contribution in [1.82, 2.24) is 9.80 Å². The van der Waals surface area contributed by atoms with E-state index in [1.807, 2.05) is 12.4 Å². The Balaban J connectivity index is 1.39. The van der Waals surface area contributed by atoms with Crippen LogP contribution in [0.3, 0.4) is 0 Å². The van der Waals surface area contributed by atoms with Gasteiger partial charge in [-0.15, -0.1) is 0 Å². The van der Waals surface area contributed by atoms with Crippen LogP contribution in [-0.4, -0.2) is 70.7 Å². The minimum absolute atomic E-state index is 0.0267. The molecule has 2 saturated heterocycles. The van der Waals surface area contributed by atoms with Crippen molar-refractivity contribution < 1.29 is 10.2 Å². The third-order valence-electron chi connectivity index (χ3n) is 10.4. The minimum atomic E-state index is -0.0267. The van der Waals surface area contributed by atoms with E-state index in [0.717, 1.165) is 87.2 Å². The van der Waals surface area contributed by atoms with Gasteiger partial charge in [0.05, 0.1) is 12.1 Å². The Labute approximate surface area is 279 Å². The SMILES string of the molecule is CC(C)(C)c1cc(C=N[C@@H]2CCCC[C@H]2N=Cc2cc(C(C)(C)C)cc(CN3CCCCC3)c2O)c(O)c(CN2CCCCC2)c1. The summed E-state index contributed by atoms with van der Waals surface area (Å²) in [5.41, 5.74) is 6.03. The van der Waals surface area contributed by atoms with Crippen molar-refractivity contribution in [3.05, 3.63) is 57.6 Å². The van der Waals surface area contributed by atoms with Crippen molar-refractivity contribution in [1.29, 1.82) is 0 Å². The molecular formula is C40H60N4O2. The summed E-state index contributed by atoms with van der Waals surface area (Å²) >= 11 is 0. The number of benzene rings is 2. The summed E-state index contributed by atoms with van der Waals surface area (Å²) < 4.78 is 0. The molecular weight excluding hydrogens is 568 g/mol. The molecule has 0 bridgehead atoms. The van der Waals surface area contributed by atoms with E-state index >= 15 is 0 Å². The number of phenolic OH excluding ortho intramolecular Hbond substituents is 2. The van der Waals surface area contributed by atoms with Gasteiger partial charge < -0.3 is 10.2 Å². The first-order valence-corrected chi connectivity index (χ1v) is 18.1. The van der Waals surface area contributed by atoms with Gasteiger partial charge in [0.2, 0.25) is 0 Å². The summed E-state index contributed by atoms with van der Waals surface area (Å²) in [5.74, 6) is 0.728. The van der Waals surface area contributed by atoms with E-state index in [1.165, 1.54) is 49.7 Å². The average molecular weight is 629 g/mol. The van der Waals surface area contributed by atoms with E-state index in [2.05, 4.69) is 75.6 Å². The van der Waals surface area contributed by atoms with Gasteiger partial charge in [-0.05, 0) is 98.8 Å². The highest BCUT2D eigenvalue weighted by Crippen LogP contribution is 2.34. The molecule has 2 aliphatic heterocycles. The third kappa shape index (κ3) is 9.01. The zero-order valence-electron chi connectivity index (χ0n) is 29.6. The van der Waals surface area contributed by atoms with Crippen molar-refractivity contribution in [2.24, 2.45) is 9.98 Å². The van der Waals surface area contributed by atoms with E-state index in [4.69, 9.17) is 9.98 Å². The predicted molar refractivity (Wildman–Crippen MR) is 193 cm³/mol. The van der Waals surface area contributed by atoms with E-state index in [9.17, 15) is 10.2 Å². The lowest BCUT2D eigenvalue weighted by Crippen LogP contribution is -2.29. The molecule has 1 saturated carbocycles. The average Bonchev–Trinajstić information content (AvgIpc) is 3.02. The Morgan fingerprint density at radius 1 is 0.587 bits per heavy atom. The Morgan fingerprint density at radius 3 is 1.30 bits per heavy atom. The molecule has 0 aromatic heterocycles. The fourth-order valence-corrected chi connectivity index (χ4v) is 7.25. The molecule has 0 unspecified atom stereocenters. The van der Waals surface area contributed by atoms with Gasteiger partial charge in [-0.1, -0.05) is 79.4 Å². The smallest absolute Gasteiger partial charge is 0.128 e. The summed E-state index contributed by atoms with van der Waals surface area (Å²) in [4.78, 5) is 15.2. The summed E-state index contributed by atoms with van der Waals surface area (Å²) in [6.45, 7) is 19.4. The lowest BCUT2D eigenvalue weighted by Gasteiger charge is -2.29. The zero-order valence-corrected chi connectivity index (χ0v) is 29.6. The number of aromatic hydroxyl groups is 2. The summed E-state index contributed by atoms with van der Waals surface area (Å²) in [6, 6.07) is 8.75. The van der Waals surface area contributed by atoms with Crippen LogP contribution in [0.15, 0.2) is 34.3 Å². The summed E-state index contributed by atoms with van der Waals surface area (Å²) in [6.07, 6.45) is 15.6. The lowest BCUT2D eigenvalue weighted by molar-refractivity contribution is 0.218. The van der Waals surface area contributed by atoms with Gasteiger partial charge in [-0.2, -0.15) is 0 Å². The van der Waals surface area contributed by atoms with Crippen LogP contribution in [0.4, 0.5) is 0 Å². The van der Waals surface area contributed by atoms with Crippen molar-refractivity contribution in [3.63, 3.8) is 0 Å². The van der Waals surface area contributed by atoms with Crippen molar-refractivity contribution in [3.8, 4) is 11.5 Å². The van der Waals surface area contributed by atoms with Crippen molar-refractivity contribution in [2.75, 3.05) is 26.2 Å². The van der Waals surface area contributed by atoms with Gasteiger partial charge in [0.15, 0.2) is 0 Å². The second-order valence-corrected chi connectivity index (χ2v) is 16.3. The number of phenols is 2. The van der Waals surface area contributed by atoms with E-state index < -0.39 is 0 Å². The summed E-state index contributed by atoms with van der Waals surface area (Å²) in [7, 11) is 0. The predicted octanol–water partition coefficient (Wildman–Crippen LogP) is 8.51. The molecule has 3 fully saturated rings. The Bertz CT molecular complexity index is 1270. The first kappa shape index (κ1) is 34.6. The Kier molecular flexibility index (Phi) is 11.3.